The number of rotatable bonds is 7. The summed E-state index contributed by atoms with van der Waals surface area (Å²) in [6, 6.07) is 15.8. The number of anilines is 1. The highest BCUT2D eigenvalue weighted by atomic mass is 19.1. The number of aryl methyl sites for hydroxylation is 1. The van der Waals surface area contributed by atoms with E-state index < -0.39 is 0 Å². The lowest BCUT2D eigenvalue weighted by Crippen LogP contribution is -2.17. The largest absolute Gasteiger partial charge is 0.477 e. The van der Waals surface area contributed by atoms with Gasteiger partial charge >= 0.3 is 0 Å². The molecule has 0 spiro atoms. The molecule has 0 unspecified atom stereocenters. The predicted octanol–water partition coefficient (Wildman–Crippen LogP) is 5.04. The zero-order chi connectivity index (χ0) is 22.7. The zero-order valence-electron chi connectivity index (χ0n) is 17.9. The molecule has 0 atom stereocenters. The summed E-state index contributed by atoms with van der Waals surface area (Å²) in [4.78, 5) is 17.4. The van der Waals surface area contributed by atoms with Crippen molar-refractivity contribution in [1.82, 2.24) is 9.55 Å². The molecule has 5 nitrogen and oxygen atoms in total. The molecule has 0 fully saturated rings. The van der Waals surface area contributed by atoms with Crippen molar-refractivity contribution in [1.29, 1.82) is 0 Å². The summed E-state index contributed by atoms with van der Waals surface area (Å²) in [7, 11) is 0. The van der Waals surface area contributed by atoms with Crippen LogP contribution in [0.5, 0.6) is 5.88 Å². The average molecular weight is 435 g/mol. The molecule has 7 heteroatoms. The van der Waals surface area contributed by atoms with Crippen LogP contribution in [0.3, 0.4) is 0 Å². The van der Waals surface area contributed by atoms with Gasteiger partial charge in [0.25, 0.3) is 0 Å². The first kappa shape index (κ1) is 21.5. The molecule has 2 aromatic carbocycles. The Bertz CT molecular complexity index is 1330. The molecule has 2 heterocycles. The van der Waals surface area contributed by atoms with Crippen LogP contribution in [0.4, 0.5) is 14.6 Å². The van der Waals surface area contributed by atoms with Gasteiger partial charge in [0.05, 0.1) is 12.1 Å². The second kappa shape index (κ2) is 9.18. The highest BCUT2D eigenvalue weighted by Gasteiger charge is 2.16. The van der Waals surface area contributed by atoms with E-state index in [0.29, 0.717) is 42.1 Å². The Morgan fingerprint density at radius 3 is 2.38 bits per heavy atom. The molecule has 0 amide bonds. The van der Waals surface area contributed by atoms with Crippen LogP contribution in [0.2, 0.25) is 0 Å². The molecule has 0 saturated heterocycles. The van der Waals surface area contributed by atoms with E-state index in [-0.39, 0.29) is 22.9 Å². The van der Waals surface area contributed by atoms with Crippen molar-refractivity contribution in [3.63, 3.8) is 0 Å². The first-order chi connectivity index (χ1) is 15.4. The minimum absolute atomic E-state index is 0.242. The van der Waals surface area contributed by atoms with Gasteiger partial charge in [-0.15, -0.1) is 0 Å². The summed E-state index contributed by atoms with van der Waals surface area (Å²) in [5, 5.41) is 3.60. The van der Waals surface area contributed by atoms with Gasteiger partial charge in [-0.1, -0.05) is 24.3 Å². The number of hydrogen-bond acceptors (Lipinski definition) is 4. The summed E-state index contributed by atoms with van der Waals surface area (Å²) in [5.41, 5.74) is 2.54. The van der Waals surface area contributed by atoms with Crippen LogP contribution in [0, 0.1) is 18.6 Å². The normalized spacial score (nSPS) is 11.0. The quantitative estimate of drug-likeness (QED) is 0.442. The van der Waals surface area contributed by atoms with E-state index in [9.17, 15) is 13.6 Å². The van der Waals surface area contributed by atoms with E-state index >= 15 is 0 Å². The van der Waals surface area contributed by atoms with Gasteiger partial charge in [0.15, 0.2) is 5.43 Å². The Balaban J connectivity index is 1.86. The van der Waals surface area contributed by atoms with Crippen LogP contribution in [-0.4, -0.2) is 16.2 Å². The Morgan fingerprint density at radius 1 is 1.00 bits per heavy atom. The second-order valence-corrected chi connectivity index (χ2v) is 7.49. The van der Waals surface area contributed by atoms with E-state index in [1.165, 1.54) is 30.3 Å². The fraction of sp³-hybridized carbons (Fsp3) is 0.200. The van der Waals surface area contributed by atoms with E-state index in [1.807, 2.05) is 30.5 Å². The van der Waals surface area contributed by atoms with Crippen molar-refractivity contribution in [2.45, 2.75) is 26.9 Å². The smallest absolute Gasteiger partial charge is 0.227 e. The average Bonchev–Trinajstić information content (AvgIpc) is 2.74. The van der Waals surface area contributed by atoms with E-state index in [0.717, 1.165) is 11.1 Å². The number of pyridine rings is 2. The minimum Gasteiger partial charge on any atom is -0.477 e. The van der Waals surface area contributed by atoms with Gasteiger partial charge in [-0.05, 0) is 55.3 Å². The van der Waals surface area contributed by atoms with Crippen LogP contribution in [0.1, 0.15) is 23.7 Å². The monoisotopic (exact) mass is 435 g/mol. The van der Waals surface area contributed by atoms with E-state index in [4.69, 9.17) is 4.74 Å². The van der Waals surface area contributed by atoms with Crippen molar-refractivity contribution >= 4 is 16.7 Å². The first-order valence-electron chi connectivity index (χ1n) is 10.4. The maximum Gasteiger partial charge on any atom is 0.227 e. The van der Waals surface area contributed by atoms with Gasteiger partial charge in [0.1, 0.15) is 22.8 Å². The van der Waals surface area contributed by atoms with Crippen molar-refractivity contribution < 1.29 is 13.5 Å². The van der Waals surface area contributed by atoms with E-state index in [2.05, 4.69) is 10.3 Å². The summed E-state index contributed by atoms with van der Waals surface area (Å²) >= 11 is 0. The molecule has 164 valence electrons. The molecule has 0 radical (unpaired) electrons. The summed E-state index contributed by atoms with van der Waals surface area (Å²) in [5.74, 6) is 0.138. The zero-order valence-corrected chi connectivity index (χ0v) is 17.9. The highest BCUT2D eigenvalue weighted by molar-refractivity contribution is 5.86. The summed E-state index contributed by atoms with van der Waals surface area (Å²) in [6.07, 6.45) is 0. The van der Waals surface area contributed by atoms with Gasteiger partial charge in [-0.2, -0.15) is 0 Å². The third kappa shape index (κ3) is 4.61. The van der Waals surface area contributed by atoms with Crippen LogP contribution in [0.25, 0.3) is 10.9 Å². The fourth-order valence-corrected chi connectivity index (χ4v) is 3.69. The predicted molar refractivity (Wildman–Crippen MR) is 121 cm³/mol. The maximum absolute atomic E-state index is 13.8. The number of benzene rings is 2. The molecule has 0 aliphatic heterocycles. The van der Waals surface area contributed by atoms with Gasteiger partial charge in [0.2, 0.25) is 5.88 Å². The lowest BCUT2D eigenvalue weighted by molar-refractivity contribution is 0.330. The van der Waals surface area contributed by atoms with Gasteiger partial charge in [-0.3, -0.25) is 4.79 Å². The Labute approximate surface area is 184 Å². The van der Waals surface area contributed by atoms with Crippen LogP contribution in [0.15, 0.2) is 65.5 Å². The minimum atomic E-state index is -0.338. The van der Waals surface area contributed by atoms with Crippen LogP contribution >= 0.6 is 0 Å². The fourth-order valence-electron chi connectivity index (χ4n) is 3.69. The highest BCUT2D eigenvalue weighted by Crippen LogP contribution is 2.26. The van der Waals surface area contributed by atoms with Gasteiger partial charge in [0, 0.05) is 24.8 Å². The summed E-state index contributed by atoms with van der Waals surface area (Å²) in [6.45, 7) is 4.65. The number of fused-ring (bicyclic) bond motifs is 1. The number of halogens is 2. The van der Waals surface area contributed by atoms with Crippen molar-refractivity contribution in [2.75, 3.05) is 11.9 Å². The molecule has 4 rings (SSSR count). The molecule has 0 aliphatic carbocycles. The standard InChI is InChI=1S/C25H23F2N3O2/c1-3-32-25-24-21(10-16(2)29-25)30(15-18-7-5-9-20(27)12-18)23(13-22(24)31)28-14-17-6-4-8-19(26)11-17/h4-13,28H,3,14-15H2,1-2H3. The van der Waals surface area contributed by atoms with Gasteiger partial charge in [-0.25, -0.2) is 13.8 Å². The van der Waals surface area contributed by atoms with Crippen molar-refractivity contribution in [3.05, 3.63) is 99.3 Å². The summed E-state index contributed by atoms with van der Waals surface area (Å²) < 4.78 is 35.0. The van der Waals surface area contributed by atoms with Crippen LogP contribution in [-0.2, 0) is 13.1 Å². The number of ether oxygens (including phenoxy) is 1. The van der Waals surface area contributed by atoms with Crippen LogP contribution < -0.4 is 15.5 Å². The Morgan fingerprint density at radius 2 is 1.69 bits per heavy atom. The molecule has 0 bridgehead atoms. The second-order valence-electron chi connectivity index (χ2n) is 7.49. The third-order valence-electron chi connectivity index (χ3n) is 5.06. The Hall–Kier alpha value is -3.74. The molecule has 32 heavy (non-hydrogen) atoms. The van der Waals surface area contributed by atoms with Crippen molar-refractivity contribution in [2.24, 2.45) is 0 Å². The molecule has 1 N–H and O–H groups in total. The van der Waals surface area contributed by atoms with E-state index in [1.54, 1.807) is 18.2 Å². The molecular formula is C25H23F2N3O2. The number of nitrogens with one attached hydrogen (secondary N) is 1. The Kier molecular flexibility index (Phi) is 6.16. The third-order valence-corrected chi connectivity index (χ3v) is 5.06. The first-order valence-corrected chi connectivity index (χ1v) is 10.4. The number of aromatic nitrogens is 2. The molecule has 0 saturated carbocycles. The molecule has 4 aromatic rings. The lowest BCUT2D eigenvalue weighted by atomic mass is 10.1. The molecular weight excluding hydrogens is 412 g/mol. The number of nitrogens with zero attached hydrogens (tertiary/aromatic N) is 2. The molecule has 0 aliphatic rings. The van der Waals surface area contributed by atoms with Crippen molar-refractivity contribution in [3.8, 4) is 5.88 Å². The maximum atomic E-state index is 13.8. The molecule has 2 aromatic heterocycles. The number of hydrogen-bond donors (Lipinski definition) is 1. The topological polar surface area (TPSA) is 56.1 Å². The lowest BCUT2D eigenvalue weighted by Gasteiger charge is -2.20. The SMILES string of the molecule is CCOc1nc(C)cc2c1c(=O)cc(NCc1cccc(F)c1)n2Cc1cccc(F)c1. The van der Waals surface area contributed by atoms with Gasteiger partial charge < -0.3 is 14.6 Å².